The van der Waals surface area contributed by atoms with Gasteiger partial charge in [0, 0.05) is 48.0 Å². The first-order chi connectivity index (χ1) is 12.6. The van der Waals surface area contributed by atoms with Crippen molar-refractivity contribution >= 4 is 22.7 Å². The number of para-hydroxylation sites is 1. The first-order valence-corrected chi connectivity index (χ1v) is 8.93. The van der Waals surface area contributed by atoms with Crippen LogP contribution in [0.4, 0.5) is 0 Å². The van der Waals surface area contributed by atoms with Crippen molar-refractivity contribution in [3.05, 3.63) is 59.5 Å². The molecule has 0 saturated carbocycles. The molecule has 3 heterocycles. The van der Waals surface area contributed by atoms with Gasteiger partial charge in [0.05, 0.1) is 12.0 Å². The van der Waals surface area contributed by atoms with E-state index in [2.05, 4.69) is 9.97 Å². The van der Waals surface area contributed by atoms with E-state index in [0.29, 0.717) is 18.5 Å². The van der Waals surface area contributed by atoms with Gasteiger partial charge in [-0.3, -0.25) is 9.59 Å². The van der Waals surface area contributed by atoms with E-state index >= 15 is 0 Å². The Morgan fingerprint density at radius 1 is 1.19 bits per heavy atom. The second-order valence-corrected chi connectivity index (χ2v) is 6.88. The molecule has 1 fully saturated rings. The Kier molecular flexibility index (Phi) is 4.24. The van der Waals surface area contributed by atoms with Gasteiger partial charge >= 0.3 is 0 Å². The first kappa shape index (κ1) is 16.4. The molecule has 3 aromatic rings. The summed E-state index contributed by atoms with van der Waals surface area (Å²) in [5, 5.41) is 1.09. The normalized spacial score (nSPS) is 17.5. The van der Waals surface area contributed by atoms with Gasteiger partial charge < -0.3 is 20.6 Å². The van der Waals surface area contributed by atoms with E-state index in [4.69, 9.17) is 5.73 Å². The predicted molar refractivity (Wildman–Crippen MR) is 99.9 cm³/mol. The highest BCUT2D eigenvalue weighted by molar-refractivity contribution is 5.94. The number of primary amides is 1. The molecule has 2 aromatic heterocycles. The number of hydrogen-bond donors (Lipinski definition) is 3. The summed E-state index contributed by atoms with van der Waals surface area (Å²) in [7, 11) is 0. The molecule has 0 spiro atoms. The first-order valence-electron chi connectivity index (χ1n) is 8.93. The number of carbonyl (C=O) groups excluding carboxylic acids is 2. The molecule has 26 heavy (non-hydrogen) atoms. The zero-order chi connectivity index (χ0) is 18.1. The maximum Gasteiger partial charge on any atom is 0.250 e. The lowest BCUT2D eigenvalue weighted by Crippen LogP contribution is -2.40. The molecule has 1 saturated heterocycles. The quantitative estimate of drug-likeness (QED) is 0.674. The van der Waals surface area contributed by atoms with Crippen LogP contribution in [0, 0.1) is 0 Å². The standard InChI is InChI=1S/C20H22N4O2/c21-20(26)16-7-8-22-19(16)13-4-3-9-24(12-13)18(25)10-14-11-23-17-6-2-1-5-15(14)17/h1-2,5-8,11,13,22-23H,3-4,9-10,12H2,(H2,21,26). The maximum absolute atomic E-state index is 12.9. The summed E-state index contributed by atoms with van der Waals surface area (Å²) in [6, 6.07) is 9.72. The van der Waals surface area contributed by atoms with Crippen LogP contribution in [0.5, 0.6) is 0 Å². The number of fused-ring (bicyclic) bond motifs is 1. The van der Waals surface area contributed by atoms with E-state index < -0.39 is 5.91 Å². The van der Waals surface area contributed by atoms with Gasteiger partial charge in [-0.25, -0.2) is 0 Å². The average Bonchev–Trinajstić information content (AvgIpc) is 3.29. The number of likely N-dealkylation sites (tertiary alicyclic amines) is 1. The SMILES string of the molecule is NC(=O)c1cc[nH]c1C1CCCN(C(=O)Cc2c[nH]c3ccccc23)C1. The third-order valence-electron chi connectivity index (χ3n) is 5.24. The van der Waals surface area contributed by atoms with Gasteiger partial charge in [0.25, 0.3) is 5.91 Å². The number of benzene rings is 1. The zero-order valence-corrected chi connectivity index (χ0v) is 14.5. The highest BCUT2D eigenvalue weighted by Gasteiger charge is 2.28. The molecule has 1 atom stereocenters. The Balaban J connectivity index is 1.50. The third-order valence-corrected chi connectivity index (χ3v) is 5.24. The van der Waals surface area contributed by atoms with E-state index in [9.17, 15) is 9.59 Å². The number of aromatic nitrogens is 2. The molecule has 1 aliphatic rings. The minimum absolute atomic E-state index is 0.117. The summed E-state index contributed by atoms with van der Waals surface area (Å²) in [6.07, 6.45) is 5.89. The lowest BCUT2D eigenvalue weighted by Gasteiger charge is -2.33. The topological polar surface area (TPSA) is 95.0 Å². The minimum Gasteiger partial charge on any atom is -0.366 e. The van der Waals surface area contributed by atoms with Crippen LogP contribution in [0.15, 0.2) is 42.7 Å². The number of rotatable bonds is 4. The van der Waals surface area contributed by atoms with Crippen molar-refractivity contribution in [2.45, 2.75) is 25.2 Å². The van der Waals surface area contributed by atoms with Crippen LogP contribution >= 0.6 is 0 Å². The summed E-state index contributed by atoms with van der Waals surface area (Å²) < 4.78 is 0. The molecule has 0 aliphatic carbocycles. The van der Waals surface area contributed by atoms with Gasteiger partial charge in [-0.2, -0.15) is 0 Å². The van der Waals surface area contributed by atoms with E-state index in [1.54, 1.807) is 12.3 Å². The number of carbonyl (C=O) groups is 2. The molecular formula is C20H22N4O2. The highest BCUT2D eigenvalue weighted by atomic mass is 16.2. The number of nitrogens with zero attached hydrogens (tertiary/aromatic N) is 1. The van der Waals surface area contributed by atoms with Gasteiger partial charge in [0.2, 0.25) is 5.91 Å². The van der Waals surface area contributed by atoms with E-state index in [1.165, 1.54) is 0 Å². The summed E-state index contributed by atoms with van der Waals surface area (Å²) in [6.45, 7) is 1.37. The lowest BCUT2D eigenvalue weighted by atomic mass is 9.92. The second-order valence-electron chi connectivity index (χ2n) is 6.88. The van der Waals surface area contributed by atoms with E-state index in [1.807, 2.05) is 35.4 Å². The van der Waals surface area contributed by atoms with Crippen LogP contribution in [-0.4, -0.2) is 39.8 Å². The van der Waals surface area contributed by atoms with Gasteiger partial charge in [-0.1, -0.05) is 18.2 Å². The second kappa shape index (κ2) is 6.71. The van der Waals surface area contributed by atoms with Gasteiger partial charge in [-0.15, -0.1) is 0 Å². The van der Waals surface area contributed by atoms with Crippen LogP contribution < -0.4 is 5.73 Å². The van der Waals surface area contributed by atoms with Crippen molar-refractivity contribution in [1.82, 2.24) is 14.9 Å². The molecule has 0 bridgehead atoms. The van der Waals surface area contributed by atoms with Crippen LogP contribution in [-0.2, 0) is 11.2 Å². The minimum atomic E-state index is -0.427. The number of nitrogens with two attached hydrogens (primary N) is 1. The van der Waals surface area contributed by atoms with Gasteiger partial charge in [0.15, 0.2) is 0 Å². The molecule has 2 amide bonds. The number of hydrogen-bond acceptors (Lipinski definition) is 2. The maximum atomic E-state index is 12.9. The van der Waals surface area contributed by atoms with Crippen molar-refractivity contribution < 1.29 is 9.59 Å². The average molecular weight is 350 g/mol. The van der Waals surface area contributed by atoms with Crippen LogP contribution in [0.2, 0.25) is 0 Å². The zero-order valence-electron chi connectivity index (χ0n) is 14.5. The molecule has 134 valence electrons. The third kappa shape index (κ3) is 2.98. The molecule has 4 N–H and O–H groups in total. The van der Waals surface area contributed by atoms with Crippen molar-refractivity contribution in [3.63, 3.8) is 0 Å². The highest BCUT2D eigenvalue weighted by Crippen LogP contribution is 2.29. The van der Waals surface area contributed by atoms with Crippen molar-refractivity contribution in [1.29, 1.82) is 0 Å². The Morgan fingerprint density at radius 3 is 2.88 bits per heavy atom. The molecule has 4 rings (SSSR count). The van der Waals surface area contributed by atoms with Gasteiger partial charge in [0.1, 0.15) is 0 Å². The van der Waals surface area contributed by atoms with E-state index in [0.717, 1.165) is 41.5 Å². The van der Waals surface area contributed by atoms with Crippen LogP contribution in [0.25, 0.3) is 10.9 Å². The number of piperidine rings is 1. The molecule has 1 aromatic carbocycles. The molecule has 6 nitrogen and oxygen atoms in total. The summed E-state index contributed by atoms with van der Waals surface area (Å²) in [4.78, 5) is 32.7. The number of aromatic amines is 2. The van der Waals surface area contributed by atoms with E-state index in [-0.39, 0.29) is 11.8 Å². The fraction of sp³-hybridized carbons (Fsp3) is 0.300. The van der Waals surface area contributed by atoms with Crippen molar-refractivity contribution in [2.24, 2.45) is 5.73 Å². The number of H-pyrrole nitrogens is 2. The van der Waals surface area contributed by atoms with Crippen molar-refractivity contribution in [3.8, 4) is 0 Å². The lowest BCUT2D eigenvalue weighted by molar-refractivity contribution is -0.131. The van der Waals surface area contributed by atoms with Gasteiger partial charge in [-0.05, 0) is 30.5 Å². The van der Waals surface area contributed by atoms with Crippen molar-refractivity contribution in [2.75, 3.05) is 13.1 Å². The number of amides is 2. The fourth-order valence-corrected chi connectivity index (χ4v) is 3.93. The Hall–Kier alpha value is -3.02. The monoisotopic (exact) mass is 350 g/mol. The van der Waals surface area contributed by atoms with Crippen LogP contribution in [0.3, 0.4) is 0 Å². The largest absolute Gasteiger partial charge is 0.366 e. The molecule has 6 heteroatoms. The smallest absolute Gasteiger partial charge is 0.250 e. The predicted octanol–water partition coefficient (Wildman–Crippen LogP) is 2.54. The fourth-order valence-electron chi connectivity index (χ4n) is 3.93. The molecule has 1 unspecified atom stereocenters. The Morgan fingerprint density at radius 2 is 2.04 bits per heavy atom. The Labute approximate surface area is 151 Å². The molecular weight excluding hydrogens is 328 g/mol. The Bertz CT molecular complexity index is 956. The summed E-state index contributed by atoms with van der Waals surface area (Å²) in [5.41, 5.74) is 8.90. The molecule has 1 aliphatic heterocycles. The van der Waals surface area contributed by atoms with Crippen LogP contribution in [0.1, 0.15) is 40.4 Å². The number of nitrogens with one attached hydrogen (secondary N) is 2. The summed E-state index contributed by atoms with van der Waals surface area (Å²) >= 11 is 0. The molecule has 0 radical (unpaired) electrons. The summed E-state index contributed by atoms with van der Waals surface area (Å²) in [5.74, 6) is -0.191.